The first-order valence-electron chi connectivity index (χ1n) is 5.54. The number of ether oxygens (including phenoxy) is 1. The van der Waals surface area contributed by atoms with E-state index in [1.807, 2.05) is 13.0 Å². The molecule has 0 aromatic carbocycles. The Labute approximate surface area is 107 Å². The van der Waals surface area contributed by atoms with Crippen molar-refractivity contribution >= 4 is 11.6 Å². The number of aliphatic hydroxyl groups is 1. The van der Waals surface area contributed by atoms with Gasteiger partial charge >= 0.3 is 0 Å². The van der Waals surface area contributed by atoms with Crippen LogP contribution in [0.5, 0.6) is 0 Å². The van der Waals surface area contributed by atoms with Crippen molar-refractivity contribution in [3.8, 4) is 0 Å². The normalized spacial score (nSPS) is 14.6. The number of halogens is 1. The van der Waals surface area contributed by atoms with Gasteiger partial charge in [0, 0.05) is 38.2 Å². The Morgan fingerprint density at radius 3 is 2.94 bits per heavy atom. The average molecular weight is 259 g/mol. The van der Waals surface area contributed by atoms with Crippen LogP contribution in [0.3, 0.4) is 0 Å². The number of rotatable bonds is 7. The summed E-state index contributed by atoms with van der Waals surface area (Å²) in [5.41, 5.74) is 0.734. The van der Waals surface area contributed by atoms with Crippen LogP contribution in [0.4, 0.5) is 0 Å². The first-order valence-corrected chi connectivity index (χ1v) is 5.92. The van der Waals surface area contributed by atoms with Crippen molar-refractivity contribution in [1.29, 1.82) is 0 Å². The Balaban J connectivity index is 2.60. The lowest BCUT2D eigenvalue weighted by atomic mass is 9.99. The number of nitrogens with zero attached hydrogens (tertiary/aromatic N) is 1. The molecule has 1 aromatic rings. The van der Waals surface area contributed by atoms with Crippen LogP contribution in [0.15, 0.2) is 18.5 Å². The fourth-order valence-electron chi connectivity index (χ4n) is 1.63. The number of pyridine rings is 1. The maximum Gasteiger partial charge on any atom is 0.0642 e. The first-order chi connectivity index (χ1) is 8.11. The third-order valence-corrected chi connectivity index (χ3v) is 3.03. The van der Waals surface area contributed by atoms with Crippen LogP contribution in [0.2, 0.25) is 5.02 Å². The van der Waals surface area contributed by atoms with E-state index < -0.39 is 0 Å². The Morgan fingerprint density at radius 2 is 2.35 bits per heavy atom. The maximum absolute atomic E-state index is 9.05. The fourth-order valence-corrected chi connectivity index (χ4v) is 1.82. The zero-order chi connectivity index (χ0) is 12.7. The zero-order valence-electron chi connectivity index (χ0n) is 10.2. The highest BCUT2D eigenvalue weighted by Gasteiger charge is 2.23. The van der Waals surface area contributed by atoms with Gasteiger partial charge in [-0.05, 0) is 25.0 Å². The molecule has 1 unspecified atom stereocenters. The minimum atomic E-state index is -0.254. The molecule has 0 spiro atoms. The molecule has 0 saturated heterocycles. The zero-order valence-corrected chi connectivity index (χ0v) is 11.0. The van der Waals surface area contributed by atoms with Gasteiger partial charge < -0.3 is 15.2 Å². The minimum absolute atomic E-state index is 0.122. The molecule has 0 bridgehead atoms. The summed E-state index contributed by atoms with van der Waals surface area (Å²) in [6, 6.07) is 1.88. The van der Waals surface area contributed by atoms with Crippen LogP contribution in [-0.4, -0.2) is 36.0 Å². The number of nitrogens with one attached hydrogen (secondary N) is 1. The second kappa shape index (κ2) is 6.91. The third-order valence-electron chi connectivity index (χ3n) is 2.69. The molecule has 4 nitrogen and oxygen atoms in total. The van der Waals surface area contributed by atoms with Gasteiger partial charge in [0.25, 0.3) is 0 Å². The highest BCUT2D eigenvalue weighted by atomic mass is 35.5. The molecule has 5 heteroatoms. The highest BCUT2D eigenvalue weighted by Crippen LogP contribution is 2.16. The van der Waals surface area contributed by atoms with Crippen molar-refractivity contribution in [2.24, 2.45) is 0 Å². The first kappa shape index (κ1) is 14.4. The van der Waals surface area contributed by atoms with Crippen LogP contribution in [0, 0.1) is 0 Å². The summed E-state index contributed by atoms with van der Waals surface area (Å²) in [6.45, 7) is 3.30. The summed E-state index contributed by atoms with van der Waals surface area (Å²) in [5.74, 6) is 0. The molecular weight excluding hydrogens is 240 g/mol. The van der Waals surface area contributed by atoms with E-state index in [4.69, 9.17) is 21.4 Å². The van der Waals surface area contributed by atoms with E-state index >= 15 is 0 Å². The second-order valence-electron chi connectivity index (χ2n) is 4.29. The molecule has 1 aromatic heterocycles. The van der Waals surface area contributed by atoms with E-state index in [1.54, 1.807) is 19.5 Å². The van der Waals surface area contributed by atoms with Gasteiger partial charge in [0.1, 0.15) is 0 Å². The van der Waals surface area contributed by atoms with Crippen molar-refractivity contribution < 1.29 is 9.84 Å². The molecule has 1 atom stereocenters. The van der Waals surface area contributed by atoms with Crippen molar-refractivity contribution in [2.75, 3.05) is 20.3 Å². The summed E-state index contributed by atoms with van der Waals surface area (Å²) in [4.78, 5) is 3.94. The second-order valence-corrected chi connectivity index (χ2v) is 4.70. The lowest BCUT2D eigenvalue weighted by molar-refractivity contribution is 0.0970. The Hall–Kier alpha value is -0.680. The third kappa shape index (κ3) is 4.60. The number of aliphatic hydroxyl groups excluding tert-OH is 1. The predicted molar refractivity (Wildman–Crippen MR) is 68.1 cm³/mol. The quantitative estimate of drug-likeness (QED) is 0.780. The van der Waals surface area contributed by atoms with Crippen LogP contribution in [0.1, 0.15) is 18.9 Å². The largest absolute Gasteiger partial charge is 0.396 e. The minimum Gasteiger partial charge on any atom is -0.396 e. The molecule has 2 N–H and O–H groups in total. The molecule has 0 amide bonds. The molecule has 1 rings (SSSR count). The summed E-state index contributed by atoms with van der Waals surface area (Å²) in [7, 11) is 1.65. The van der Waals surface area contributed by atoms with Gasteiger partial charge in [0.05, 0.1) is 11.6 Å². The van der Waals surface area contributed by atoms with E-state index in [9.17, 15) is 0 Å². The molecule has 0 saturated carbocycles. The van der Waals surface area contributed by atoms with Crippen LogP contribution >= 0.6 is 11.6 Å². The van der Waals surface area contributed by atoms with Gasteiger partial charge in [-0.25, -0.2) is 0 Å². The molecule has 0 fully saturated rings. The molecule has 0 aliphatic carbocycles. The molecule has 0 aliphatic rings. The lowest BCUT2D eigenvalue weighted by Gasteiger charge is -2.29. The van der Waals surface area contributed by atoms with Crippen LogP contribution in [0.25, 0.3) is 0 Å². The smallest absolute Gasteiger partial charge is 0.0642 e. The summed E-state index contributed by atoms with van der Waals surface area (Å²) < 4.78 is 5.16. The Bertz CT molecular complexity index is 341. The number of aromatic nitrogens is 1. The predicted octanol–water partition coefficient (Wildman–Crippen LogP) is 1.61. The van der Waals surface area contributed by atoms with Crippen molar-refractivity contribution in [2.45, 2.75) is 25.4 Å². The lowest BCUT2D eigenvalue weighted by Crippen LogP contribution is -2.46. The van der Waals surface area contributed by atoms with Gasteiger partial charge in [0.15, 0.2) is 0 Å². The molecule has 0 aliphatic heterocycles. The van der Waals surface area contributed by atoms with Gasteiger partial charge in [-0.15, -0.1) is 0 Å². The topological polar surface area (TPSA) is 54.4 Å². The van der Waals surface area contributed by atoms with E-state index in [-0.39, 0.29) is 12.1 Å². The molecule has 0 radical (unpaired) electrons. The Kier molecular flexibility index (Phi) is 5.85. The number of hydrogen-bond donors (Lipinski definition) is 2. The van der Waals surface area contributed by atoms with Crippen molar-refractivity contribution in [1.82, 2.24) is 10.3 Å². The monoisotopic (exact) mass is 258 g/mol. The molecule has 1 heterocycles. The van der Waals surface area contributed by atoms with Crippen molar-refractivity contribution in [3.63, 3.8) is 0 Å². The van der Waals surface area contributed by atoms with Gasteiger partial charge in [0.2, 0.25) is 0 Å². The highest BCUT2D eigenvalue weighted by molar-refractivity contribution is 6.31. The van der Waals surface area contributed by atoms with E-state index in [0.717, 1.165) is 5.56 Å². The summed E-state index contributed by atoms with van der Waals surface area (Å²) >= 11 is 6.02. The number of methoxy groups -OCH3 is 1. The molecule has 17 heavy (non-hydrogen) atoms. The Morgan fingerprint density at radius 1 is 1.59 bits per heavy atom. The molecular formula is C12H19ClN2O2. The van der Waals surface area contributed by atoms with Gasteiger partial charge in [-0.1, -0.05) is 11.6 Å². The SMILES string of the molecule is COCC(C)(CCO)NCc1ccncc1Cl. The number of hydrogen-bond acceptors (Lipinski definition) is 4. The van der Waals surface area contributed by atoms with Crippen LogP contribution in [-0.2, 0) is 11.3 Å². The van der Waals surface area contributed by atoms with Crippen molar-refractivity contribution in [3.05, 3.63) is 29.0 Å². The maximum atomic E-state index is 9.05. The van der Waals surface area contributed by atoms with Crippen LogP contribution < -0.4 is 5.32 Å². The van der Waals surface area contributed by atoms with E-state index in [1.165, 1.54) is 0 Å². The standard InChI is InChI=1S/C12H19ClN2O2/c1-12(4-6-16,9-17-2)15-7-10-3-5-14-8-11(10)13/h3,5,8,15-16H,4,6-7,9H2,1-2H3. The molecule has 96 valence electrons. The van der Waals surface area contributed by atoms with Gasteiger partial charge in [-0.2, -0.15) is 0 Å². The van der Waals surface area contributed by atoms with E-state index in [0.29, 0.717) is 24.6 Å². The van der Waals surface area contributed by atoms with Gasteiger partial charge in [-0.3, -0.25) is 4.98 Å². The van der Waals surface area contributed by atoms with E-state index in [2.05, 4.69) is 10.3 Å². The summed E-state index contributed by atoms with van der Waals surface area (Å²) in [6.07, 6.45) is 3.96. The average Bonchev–Trinajstić information content (AvgIpc) is 2.29. The fraction of sp³-hybridized carbons (Fsp3) is 0.583. The summed E-state index contributed by atoms with van der Waals surface area (Å²) in [5, 5.41) is 13.0.